The third-order valence-electron chi connectivity index (χ3n) is 4.36. The number of hydrogen-bond acceptors (Lipinski definition) is 6. The van der Waals surface area contributed by atoms with E-state index in [-0.39, 0.29) is 0 Å². The minimum absolute atomic E-state index is 0.486. The molecular weight excluding hydrogens is 334 g/mol. The number of ether oxygens (including phenoxy) is 1. The second-order valence-corrected chi connectivity index (χ2v) is 7.34. The van der Waals surface area contributed by atoms with E-state index in [0.717, 1.165) is 31.2 Å². The van der Waals surface area contributed by atoms with Crippen LogP contribution in [0.25, 0.3) is 0 Å². The SMILES string of the molecule is COc1ccccc1CN(Cc1cccs1)Cc1nnnn1C1CC1. The van der Waals surface area contributed by atoms with Gasteiger partial charge in [-0.2, -0.15) is 0 Å². The molecule has 0 N–H and O–H groups in total. The van der Waals surface area contributed by atoms with E-state index in [2.05, 4.69) is 50.1 Å². The largest absolute Gasteiger partial charge is 0.496 e. The Balaban J connectivity index is 1.56. The number of para-hydroxylation sites is 1. The van der Waals surface area contributed by atoms with E-state index < -0.39 is 0 Å². The van der Waals surface area contributed by atoms with Gasteiger partial charge in [-0.3, -0.25) is 4.90 Å². The average Bonchev–Trinajstić information content (AvgIpc) is 3.14. The van der Waals surface area contributed by atoms with Crippen LogP contribution in [0.4, 0.5) is 0 Å². The van der Waals surface area contributed by atoms with Gasteiger partial charge in [-0.25, -0.2) is 4.68 Å². The van der Waals surface area contributed by atoms with Crippen LogP contribution >= 0.6 is 11.3 Å². The lowest BCUT2D eigenvalue weighted by Gasteiger charge is -2.22. The van der Waals surface area contributed by atoms with Gasteiger partial charge in [0.1, 0.15) is 5.75 Å². The molecule has 1 saturated carbocycles. The van der Waals surface area contributed by atoms with Crippen LogP contribution < -0.4 is 4.74 Å². The zero-order valence-electron chi connectivity index (χ0n) is 14.2. The molecule has 0 spiro atoms. The van der Waals surface area contributed by atoms with E-state index in [0.29, 0.717) is 6.04 Å². The molecule has 1 fully saturated rings. The predicted molar refractivity (Wildman–Crippen MR) is 96.4 cm³/mol. The first-order chi connectivity index (χ1) is 12.3. The van der Waals surface area contributed by atoms with Crippen molar-refractivity contribution in [1.82, 2.24) is 25.1 Å². The van der Waals surface area contributed by atoms with Crippen molar-refractivity contribution in [2.45, 2.75) is 38.5 Å². The molecule has 0 atom stereocenters. The first-order valence-electron chi connectivity index (χ1n) is 8.47. The summed E-state index contributed by atoms with van der Waals surface area (Å²) in [5.41, 5.74) is 1.17. The van der Waals surface area contributed by atoms with Crippen LogP contribution in [0.2, 0.25) is 0 Å². The van der Waals surface area contributed by atoms with Gasteiger partial charge in [0.15, 0.2) is 5.82 Å². The molecule has 25 heavy (non-hydrogen) atoms. The normalized spacial score (nSPS) is 14.2. The lowest BCUT2D eigenvalue weighted by atomic mass is 10.2. The Morgan fingerprint density at radius 1 is 1.16 bits per heavy atom. The second-order valence-electron chi connectivity index (χ2n) is 6.31. The molecule has 0 aliphatic heterocycles. The van der Waals surface area contributed by atoms with Gasteiger partial charge >= 0.3 is 0 Å². The van der Waals surface area contributed by atoms with Crippen LogP contribution in [0.1, 0.15) is 35.1 Å². The molecule has 4 rings (SSSR count). The van der Waals surface area contributed by atoms with Crippen LogP contribution in [0, 0.1) is 0 Å². The van der Waals surface area contributed by atoms with E-state index in [1.54, 1.807) is 18.4 Å². The second kappa shape index (κ2) is 7.33. The molecule has 6 nitrogen and oxygen atoms in total. The average molecular weight is 355 g/mol. The summed E-state index contributed by atoms with van der Waals surface area (Å²) in [6, 6.07) is 12.9. The van der Waals surface area contributed by atoms with E-state index >= 15 is 0 Å². The van der Waals surface area contributed by atoms with E-state index in [1.165, 1.54) is 23.3 Å². The van der Waals surface area contributed by atoms with Gasteiger partial charge in [0, 0.05) is 23.5 Å². The molecule has 0 bridgehead atoms. The van der Waals surface area contributed by atoms with Gasteiger partial charge in [-0.05, 0) is 40.8 Å². The molecule has 2 heterocycles. The molecule has 1 aliphatic rings. The third kappa shape index (κ3) is 3.88. The zero-order valence-corrected chi connectivity index (χ0v) is 15.0. The molecule has 1 aromatic carbocycles. The molecule has 3 aromatic rings. The van der Waals surface area contributed by atoms with E-state index in [9.17, 15) is 0 Å². The first-order valence-corrected chi connectivity index (χ1v) is 9.35. The summed E-state index contributed by atoms with van der Waals surface area (Å²) in [6.07, 6.45) is 2.35. The summed E-state index contributed by atoms with van der Waals surface area (Å²) in [4.78, 5) is 3.70. The smallest absolute Gasteiger partial charge is 0.165 e. The van der Waals surface area contributed by atoms with Gasteiger partial charge in [-0.15, -0.1) is 16.4 Å². The first kappa shape index (κ1) is 16.2. The van der Waals surface area contributed by atoms with Crippen LogP contribution in [-0.4, -0.2) is 32.2 Å². The number of rotatable bonds is 8. The maximum Gasteiger partial charge on any atom is 0.165 e. The number of methoxy groups -OCH3 is 1. The fourth-order valence-corrected chi connectivity index (χ4v) is 3.73. The molecule has 0 saturated heterocycles. The van der Waals surface area contributed by atoms with Crippen LogP contribution in [-0.2, 0) is 19.6 Å². The summed E-state index contributed by atoms with van der Waals surface area (Å²) >= 11 is 1.78. The van der Waals surface area contributed by atoms with Gasteiger partial charge in [0.05, 0.1) is 19.7 Å². The summed E-state index contributed by atoms with van der Waals surface area (Å²) < 4.78 is 7.51. The summed E-state index contributed by atoms with van der Waals surface area (Å²) in [5, 5.41) is 14.4. The maximum absolute atomic E-state index is 5.52. The van der Waals surface area contributed by atoms with Crippen molar-refractivity contribution in [3.63, 3.8) is 0 Å². The molecule has 7 heteroatoms. The maximum atomic E-state index is 5.52. The Labute approximate surface area is 151 Å². The molecular formula is C18H21N5OS. The van der Waals surface area contributed by atoms with E-state index in [1.807, 2.05) is 16.8 Å². The number of aromatic nitrogens is 4. The Kier molecular flexibility index (Phi) is 4.76. The van der Waals surface area contributed by atoms with Crippen molar-refractivity contribution in [2.24, 2.45) is 0 Å². The third-order valence-corrected chi connectivity index (χ3v) is 5.23. The highest BCUT2D eigenvalue weighted by atomic mass is 32.1. The van der Waals surface area contributed by atoms with Crippen molar-refractivity contribution in [2.75, 3.05) is 7.11 Å². The zero-order chi connectivity index (χ0) is 17.1. The topological polar surface area (TPSA) is 56.1 Å². The number of benzene rings is 1. The minimum Gasteiger partial charge on any atom is -0.496 e. The number of thiophene rings is 1. The highest BCUT2D eigenvalue weighted by Crippen LogP contribution is 2.34. The van der Waals surface area contributed by atoms with Crippen molar-refractivity contribution < 1.29 is 4.74 Å². The lowest BCUT2D eigenvalue weighted by molar-refractivity contribution is 0.234. The Bertz CT molecular complexity index is 813. The highest BCUT2D eigenvalue weighted by Gasteiger charge is 2.28. The Morgan fingerprint density at radius 2 is 2.04 bits per heavy atom. The van der Waals surface area contributed by atoms with Gasteiger partial charge in [-0.1, -0.05) is 24.3 Å². The van der Waals surface area contributed by atoms with Crippen LogP contribution in [0.15, 0.2) is 41.8 Å². The number of tetrazole rings is 1. The standard InChI is InChI=1S/C18H21N5OS/c1-24-17-7-3-2-5-14(17)11-22(12-16-6-4-10-25-16)13-18-19-20-21-23(18)15-8-9-15/h2-7,10,15H,8-9,11-13H2,1H3. The fraction of sp³-hybridized carbons (Fsp3) is 0.389. The summed E-state index contributed by atoms with van der Waals surface area (Å²) in [7, 11) is 1.72. The monoisotopic (exact) mass is 355 g/mol. The minimum atomic E-state index is 0.486. The molecule has 0 amide bonds. The molecule has 2 aromatic heterocycles. The van der Waals surface area contributed by atoms with Crippen molar-refractivity contribution in [3.8, 4) is 5.75 Å². The summed E-state index contributed by atoms with van der Waals surface area (Å²) in [6.45, 7) is 2.38. The predicted octanol–water partition coefficient (Wildman–Crippen LogP) is 3.28. The molecule has 1 aliphatic carbocycles. The van der Waals surface area contributed by atoms with Crippen LogP contribution in [0.5, 0.6) is 5.75 Å². The fourth-order valence-electron chi connectivity index (χ4n) is 2.98. The highest BCUT2D eigenvalue weighted by molar-refractivity contribution is 7.09. The van der Waals surface area contributed by atoms with Gasteiger partial charge < -0.3 is 4.74 Å². The van der Waals surface area contributed by atoms with Crippen molar-refractivity contribution >= 4 is 11.3 Å². The Morgan fingerprint density at radius 3 is 2.80 bits per heavy atom. The number of hydrogen-bond donors (Lipinski definition) is 0. The van der Waals surface area contributed by atoms with E-state index in [4.69, 9.17) is 4.74 Å². The quantitative estimate of drug-likeness (QED) is 0.621. The number of nitrogens with zero attached hydrogens (tertiary/aromatic N) is 5. The molecule has 0 radical (unpaired) electrons. The Hall–Kier alpha value is -2.25. The lowest BCUT2D eigenvalue weighted by Crippen LogP contribution is -2.24. The van der Waals surface area contributed by atoms with Crippen molar-refractivity contribution in [3.05, 3.63) is 58.0 Å². The molecule has 0 unspecified atom stereocenters. The molecule has 130 valence electrons. The van der Waals surface area contributed by atoms with Crippen LogP contribution in [0.3, 0.4) is 0 Å². The van der Waals surface area contributed by atoms with Crippen molar-refractivity contribution in [1.29, 1.82) is 0 Å². The van der Waals surface area contributed by atoms with Gasteiger partial charge in [0.2, 0.25) is 0 Å². The summed E-state index contributed by atoms with van der Waals surface area (Å²) in [5.74, 6) is 1.86. The van der Waals surface area contributed by atoms with Gasteiger partial charge in [0.25, 0.3) is 0 Å².